The summed E-state index contributed by atoms with van der Waals surface area (Å²) >= 11 is 0. The summed E-state index contributed by atoms with van der Waals surface area (Å²) in [6.07, 6.45) is -7.43. The lowest BCUT2D eigenvalue weighted by molar-refractivity contribution is -0.277. The van der Waals surface area contributed by atoms with Crippen LogP contribution in [0.1, 0.15) is 23.1 Å². The molecule has 1 fully saturated rings. The second-order valence-electron chi connectivity index (χ2n) is 8.19. The minimum atomic E-state index is -1.57. The molecule has 3 aliphatic rings. The summed E-state index contributed by atoms with van der Waals surface area (Å²) in [5.41, 5.74) is 1.70. The summed E-state index contributed by atoms with van der Waals surface area (Å²) in [6, 6.07) is 9.13. The molecule has 2 aromatic rings. The third-order valence-electron chi connectivity index (χ3n) is 6.36. The van der Waals surface area contributed by atoms with Gasteiger partial charge in [0, 0.05) is 17.2 Å². The first kappa shape index (κ1) is 22.1. The molecule has 0 bridgehead atoms. The summed E-state index contributed by atoms with van der Waals surface area (Å²) in [5, 5.41) is 40.1. The number of hydrogen-bond acceptors (Lipinski definition) is 10. The molecule has 1 saturated heterocycles. The minimum Gasteiger partial charge on any atom is -0.497 e. The van der Waals surface area contributed by atoms with Crippen LogP contribution in [0.15, 0.2) is 30.3 Å². The highest BCUT2D eigenvalue weighted by Crippen LogP contribution is 2.56. The van der Waals surface area contributed by atoms with Crippen LogP contribution in [-0.2, 0) is 4.74 Å². The Morgan fingerprint density at radius 2 is 1.76 bits per heavy atom. The highest BCUT2D eigenvalue weighted by molar-refractivity contribution is 5.61. The van der Waals surface area contributed by atoms with Crippen LogP contribution in [0, 0.1) is 0 Å². The van der Waals surface area contributed by atoms with Gasteiger partial charge in [0.1, 0.15) is 42.0 Å². The van der Waals surface area contributed by atoms with Crippen LogP contribution in [0.3, 0.4) is 0 Å². The molecule has 10 heteroatoms. The Hall–Kier alpha value is -2.76. The van der Waals surface area contributed by atoms with Crippen molar-refractivity contribution in [2.24, 2.45) is 0 Å². The van der Waals surface area contributed by atoms with Crippen molar-refractivity contribution >= 4 is 0 Å². The maximum absolute atomic E-state index is 10.4. The summed E-state index contributed by atoms with van der Waals surface area (Å²) in [5.74, 6) is 2.17. The lowest BCUT2D eigenvalue weighted by Crippen LogP contribution is -2.60. The van der Waals surface area contributed by atoms with E-state index in [9.17, 15) is 20.4 Å². The van der Waals surface area contributed by atoms with E-state index in [-0.39, 0.29) is 17.8 Å². The van der Waals surface area contributed by atoms with Crippen LogP contribution in [0.2, 0.25) is 0 Å². The fourth-order valence-corrected chi connectivity index (χ4v) is 4.54. The molecule has 2 aromatic carbocycles. The molecule has 33 heavy (non-hydrogen) atoms. The van der Waals surface area contributed by atoms with Crippen LogP contribution in [0.5, 0.6) is 28.7 Å². The highest BCUT2D eigenvalue weighted by atomic mass is 16.7. The van der Waals surface area contributed by atoms with E-state index in [2.05, 4.69) is 0 Å². The fourth-order valence-electron chi connectivity index (χ4n) is 4.54. The third kappa shape index (κ3) is 3.54. The molecule has 10 nitrogen and oxygen atoms in total. The quantitative estimate of drug-likeness (QED) is 0.497. The highest BCUT2D eigenvalue weighted by Gasteiger charge is 2.47. The van der Waals surface area contributed by atoms with E-state index in [1.54, 1.807) is 13.2 Å². The van der Waals surface area contributed by atoms with E-state index in [1.807, 2.05) is 24.3 Å². The van der Waals surface area contributed by atoms with Gasteiger partial charge in [-0.3, -0.25) is 0 Å². The van der Waals surface area contributed by atoms with E-state index in [1.165, 1.54) is 7.11 Å². The van der Waals surface area contributed by atoms with Gasteiger partial charge in [0.2, 0.25) is 12.0 Å². The van der Waals surface area contributed by atoms with Gasteiger partial charge >= 0.3 is 0 Å². The van der Waals surface area contributed by atoms with Crippen molar-refractivity contribution in [3.63, 3.8) is 0 Å². The predicted molar refractivity (Wildman–Crippen MR) is 112 cm³/mol. The smallest absolute Gasteiger partial charge is 0.229 e. The van der Waals surface area contributed by atoms with Gasteiger partial charge in [0.05, 0.1) is 33.4 Å². The fraction of sp³-hybridized carbons (Fsp3) is 0.478. The van der Waals surface area contributed by atoms with Crippen molar-refractivity contribution in [1.82, 2.24) is 0 Å². The van der Waals surface area contributed by atoms with Gasteiger partial charge in [-0.2, -0.15) is 0 Å². The molecule has 0 radical (unpaired) electrons. The Labute approximate surface area is 189 Å². The number of ether oxygens (including phenoxy) is 6. The topological polar surface area (TPSA) is 136 Å². The molecule has 0 unspecified atom stereocenters. The number of rotatable bonds is 5. The van der Waals surface area contributed by atoms with E-state index in [0.29, 0.717) is 29.6 Å². The maximum Gasteiger partial charge on any atom is 0.229 e. The second-order valence-corrected chi connectivity index (χ2v) is 8.19. The Morgan fingerprint density at radius 1 is 0.970 bits per heavy atom. The summed E-state index contributed by atoms with van der Waals surface area (Å²) in [7, 11) is 3.05. The molecule has 0 aromatic heterocycles. The van der Waals surface area contributed by atoms with Crippen LogP contribution < -0.4 is 23.7 Å². The molecule has 7 atom stereocenters. The average Bonchev–Trinajstić information content (AvgIpc) is 3.23. The van der Waals surface area contributed by atoms with Gasteiger partial charge in [-0.05, 0) is 18.2 Å². The summed E-state index contributed by atoms with van der Waals surface area (Å²) in [4.78, 5) is 0. The lowest BCUT2D eigenvalue weighted by Gasteiger charge is -2.39. The monoisotopic (exact) mass is 462 g/mol. The molecule has 4 N–H and O–H groups in total. The number of hydrogen-bond donors (Lipinski definition) is 4. The van der Waals surface area contributed by atoms with Gasteiger partial charge < -0.3 is 48.8 Å². The first-order valence-electron chi connectivity index (χ1n) is 10.6. The van der Waals surface area contributed by atoms with Crippen molar-refractivity contribution in [2.75, 3.05) is 27.4 Å². The normalized spacial score (nSPS) is 32.0. The number of fused-ring (bicyclic) bond motifs is 5. The second kappa shape index (κ2) is 8.54. The van der Waals surface area contributed by atoms with Crippen molar-refractivity contribution < 1.29 is 48.8 Å². The van der Waals surface area contributed by atoms with Crippen molar-refractivity contribution in [3.8, 4) is 28.7 Å². The minimum absolute atomic E-state index is 0.107. The van der Waals surface area contributed by atoms with Crippen LogP contribution >= 0.6 is 0 Å². The van der Waals surface area contributed by atoms with Crippen LogP contribution in [-0.4, -0.2) is 78.6 Å². The zero-order valence-corrected chi connectivity index (χ0v) is 18.1. The van der Waals surface area contributed by atoms with Gasteiger partial charge in [0.25, 0.3) is 0 Å². The lowest BCUT2D eigenvalue weighted by atomic mass is 9.89. The van der Waals surface area contributed by atoms with Gasteiger partial charge in [-0.1, -0.05) is 6.07 Å². The third-order valence-corrected chi connectivity index (χ3v) is 6.36. The van der Waals surface area contributed by atoms with Crippen molar-refractivity contribution in [3.05, 3.63) is 41.5 Å². The SMILES string of the molecule is COc1ccc2c(c1)OC[C@H]1c3ccc(OC)c(O[C@@H]4O[C@H](CO)[C@@H](O)[C@H](O)[C@H]4O)c3O[C@@H]21. The van der Waals surface area contributed by atoms with Gasteiger partial charge in [-0.25, -0.2) is 0 Å². The van der Waals surface area contributed by atoms with Crippen LogP contribution in [0.4, 0.5) is 0 Å². The first-order valence-corrected chi connectivity index (χ1v) is 10.6. The van der Waals surface area contributed by atoms with Crippen LogP contribution in [0.25, 0.3) is 0 Å². The molecule has 0 spiro atoms. The molecular weight excluding hydrogens is 436 g/mol. The van der Waals surface area contributed by atoms with Crippen molar-refractivity contribution in [2.45, 2.75) is 42.7 Å². The molecule has 3 aliphatic heterocycles. The van der Waals surface area contributed by atoms with Crippen molar-refractivity contribution in [1.29, 1.82) is 0 Å². The van der Waals surface area contributed by atoms with E-state index < -0.39 is 37.3 Å². The largest absolute Gasteiger partial charge is 0.497 e. The van der Waals surface area contributed by atoms with E-state index in [4.69, 9.17) is 28.4 Å². The maximum atomic E-state index is 10.4. The molecule has 0 aliphatic carbocycles. The zero-order chi connectivity index (χ0) is 23.3. The average molecular weight is 462 g/mol. The standard InChI is InChI=1S/C23H26O10/c1-28-10-3-4-12-15(7-10)30-9-13-11-5-6-14(29-2)22(21(11)32-20(12)13)33-23-19(27)18(26)17(25)16(8-24)31-23/h3-7,13,16-20,23-27H,8-9H2,1-2H3/t13-,16+,17+,18-,19+,20-,23-/m0/s1. The number of aliphatic hydroxyl groups is 4. The molecule has 3 heterocycles. The Bertz CT molecular complexity index is 1020. The van der Waals surface area contributed by atoms with E-state index >= 15 is 0 Å². The number of aliphatic hydroxyl groups excluding tert-OH is 4. The first-order chi connectivity index (χ1) is 16.0. The predicted octanol–water partition coefficient (Wildman–Crippen LogP) is 0.492. The van der Waals surface area contributed by atoms with Gasteiger partial charge in [0.15, 0.2) is 11.5 Å². The Balaban J connectivity index is 1.49. The Morgan fingerprint density at radius 3 is 2.48 bits per heavy atom. The number of benzene rings is 2. The summed E-state index contributed by atoms with van der Waals surface area (Å²) < 4.78 is 34.5. The molecule has 178 valence electrons. The van der Waals surface area contributed by atoms with E-state index in [0.717, 1.165) is 11.1 Å². The zero-order valence-electron chi connectivity index (χ0n) is 18.1. The molecule has 0 saturated carbocycles. The molecule has 5 rings (SSSR count). The summed E-state index contributed by atoms with van der Waals surface area (Å²) in [6.45, 7) is -0.184. The molecular formula is C23H26O10. The number of methoxy groups -OCH3 is 2. The van der Waals surface area contributed by atoms with Gasteiger partial charge in [-0.15, -0.1) is 0 Å². The molecule has 0 amide bonds. The Kier molecular flexibility index (Phi) is 5.71.